The van der Waals surface area contributed by atoms with Crippen LogP contribution in [0.25, 0.3) is 5.57 Å². The first-order valence-electron chi connectivity index (χ1n) is 5.52. The van der Waals surface area contributed by atoms with Crippen LogP contribution in [0.1, 0.15) is 12.0 Å². The Labute approximate surface area is 105 Å². The molecule has 0 fully saturated rings. The van der Waals surface area contributed by atoms with E-state index in [2.05, 4.69) is 12.2 Å². The maximum atomic E-state index is 5.89. The third-order valence-electron chi connectivity index (χ3n) is 3.03. The van der Waals surface area contributed by atoms with Crippen LogP contribution in [0.3, 0.4) is 0 Å². The Morgan fingerprint density at radius 3 is 2.76 bits per heavy atom. The van der Waals surface area contributed by atoms with E-state index in [0.29, 0.717) is 0 Å². The van der Waals surface area contributed by atoms with Crippen molar-refractivity contribution >= 4 is 17.2 Å². The molecule has 1 aromatic carbocycles. The van der Waals surface area contributed by atoms with Gasteiger partial charge in [-0.2, -0.15) is 0 Å². The standard InChI is InChI=1S/C14H12ClNO/c1-16-14-8-11(2-3-12(14)9-17-16)10-4-6-13(15)7-5-10/h2,4-9H,3H2,1H3. The summed E-state index contributed by atoms with van der Waals surface area (Å²) < 4.78 is 0. The zero-order chi connectivity index (χ0) is 11.8. The molecule has 0 radical (unpaired) electrons. The number of fused-ring (bicyclic) bond motifs is 1. The van der Waals surface area contributed by atoms with E-state index in [1.54, 1.807) is 11.3 Å². The second kappa shape index (κ2) is 3.97. The summed E-state index contributed by atoms with van der Waals surface area (Å²) in [5, 5.41) is 2.55. The van der Waals surface area contributed by atoms with Crippen LogP contribution in [-0.4, -0.2) is 12.1 Å². The van der Waals surface area contributed by atoms with Gasteiger partial charge in [0.2, 0.25) is 0 Å². The summed E-state index contributed by atoms with van der Waals surface area (Å²) in [4.78, 5) is 5.35. The van der Waals surface area contributed by atoms with E-state index in [9.17, 15) is 0 Å². The molecule has 0 bridgehead atoms. The summed E-state index contributed by atoms with van der Waals surface area (Å²) in [5.74, 6) is 0. The summed E-state index contributed by atoms with van der Waals surface area (Å²) in [6, 6.07) is 7.90. The molecule has 0 amide bonds. The fourth-order valence-corrected chi connectivity index (χ4v) is 2.19. The molecule has 1 heterocycles. The van der Waals surface area contributed by atoms with Crippen LogP contribution >= 0.6 is 11.6 Å². The molecule has 0 N–H and O–H groups in total. The molecule has 86 valence electrons. The Bertz CT molecular complexity index is 540. The molecular formula is C14H12ClNO. The van der Waals surface area contributed by atoms with Gasteiger partial charge in [0, 0.05) is 17.6 Å². The zero-order valence-corrected chi connectivity index (χ0v) is 10.2. The minimum atomic E-state index is 0.764. The summed E-state index contributed by atoms with van der Waals surface area (Å²) >= 11 is 5.89. The van der Waals surface area contributed by atoms with E-state index in [4.69, 9.17) is 16.4 Å². The Kier molecular flexibility index (Phi) is 2.45. The van der Waals surface area contributed by atoms with Gasteiger partial charge >= 0.3 is 0 Å². The van der Waals surface area contributed by atoms with E-state index < -0.39 is 0 Å². The van der Waals surface area contributed by atoms with Crippen LogP contribution in [0.4, 0.5) is 0 Å². The summed E-state index contributed by atoms with van der Waals surface area (Å²) in [6.07, 6.45) is 7.07. The Hall–Kier alpha value is -1.67. The summed E-state index contributed by atoms with van der Waals surface area (Å²) in [7, 11) is 1.92. The van der Waals surface area contributed by atoms with E-state index in [1.807, 2.05) is 31.3 Å². The van der Waals surface area contributed by atoms with Gasteiger partial charge in [-0.05, 0) is 35.8 Å². The van der Waals surface area contributed by atoms with Gasteiger partial charge in [0.05, 0.1) is 5.70 Å². The van der Waals surface area contributed by atoms with Crippen LogP contribution in [-0.2, 0) is 4.84 Å². The van der Waals surface area contributed by atoms with Gasteiger partial charge in [0.25, 0.3) is 0 Å². The zero-order valence-electron chi connectivity index (χ0n) is 9.48. The van der Waals surface area contributed by atoms with Crippen molar-refractivity contribution in [3.05, 3.63) is 64.5 Å². The molecule has 1 aromatic rings. The van der Waals surface area contributed by atoms with Gasteiger partial charge in [0.1, 0.15) is 6.26 Å². The van der Waals surface area contributed by atoms with Crippen molar-refractivity contribution in [2.75, 3.05) is 7.05 Å². The highest BCUT2D eigenvalue weighted by Gasteiger charge is 2.21. The first-order valence-corrected chi connectivity index (χ1v) is 5.89. The second-order valence-corrected chi connectivity index (χ2v) is 4.58. The Balaban J connectivity index is 1.96. The van der Waals surface area contributed by atoms with Gasteiger partial charge in [-0.15, -0.1) is 0 Å². The maximum absolute atomic E-state index is 5.89. The lowest BCUT2D eigenvalue weighted by Crippen LogP contribution is -2.11. The number of nitrogens with zero attached hydrogens (tertiary/aromatic N) is 1. The van der Waals surface area contributed by atoms with Crippen molar-refractivity contribution in [2.45, 2.75) is 6.42 Å². The number of hydroxylamine groups is 2. The molecular weight excluding hydrogens is 234 g/mol. The number of hydrogen-bond donors (Lipinski definition) is 0. The lowest BCUT2D eigenvalue weighted by atomic mass is 9.95. The molecule has 0 saturated heterocycles. The third kappa shape index (κ3) is 1.85. The molecule has 0 unspecified atom stereocenters. The first-order chi connectivity index (χ1) is 8.24. The molecule has 2 nitrogen and oxygen atoms in total. The molecule has 0 saturated carbocycles. The number of hydrogen-bond acceptors (Lipinski definition) is 2. The lowest BCUT2D eigenvalue weighted by Gasteiger charge is -2.17. The molecule has 17 heavy (non-hydrogen) atoms. The fourth-order valence-electron chi connectivity index (χ4n) is 2.07. The summed E-state index contributed by atoms with van der Waals surface area (Å²) in [5.41, 5.74) is 4.76. The highest BCUT2D eigenvalue weighted by atomic mass is 35.5. The van der Waals surface area contributed by atoms with Crippen molar-refractivity contribution < 1.29 is 4.84 Å². The highest BCUT2D eigenvalue weighted by Crippen LogP contribution is 2.34. The van der Waals surface area contributed by atoms with E-state index in [-0.39, 0.29) is 0 Å². The van der Waals surface area contributed by atoms with Crippen molar-refractivity contribution in [1.29, 1.82) is 0 Å². The molecule has 2 aliphatic rings. The molecule has 1 aliphatic heterocycles. The Morgan fingerprint density at radius 1 is 1.24 bits per heavy atom. The van der Waals surface area contributed by atoms with Crippen LogP contribution in [0.15, 0.2) is 53.9 Å². The number of allylic oxidation sites excluding steroid dienone is 4. The minimum absolute atomic E-state index is 0.764. The van der Waals surface area contributed by atoms with E-state index in [0.717, 1.165) is 17.1 Å². The van der Waals surface area contributed by atoms with E-state index in [1.165, 1.54) is 16.7 Å². The van der Waals surface area contributed by atoms with Crippen molar-refractivity contribution in [1.82, 2.24) is 5.06 Å². The first kappa shape index (κ1) is 10.5. The largest absolute Gasteiger partial charge is 0.387 e. The smallest absolute Gasteiger partial charge is 0.125 e. The molecule has 0 aromatic heterocycles. The average molecular weight is 246 g/mol. The molecule has 1 aliphatic carbocycles. The third-order valence-corrected chi connectivity index (χ3v) is 3.28. The van der Waals surface area contributed by atoms with Crippen molar-refractivity contribution in [3.63, 3.8) is 0 Å². The second-order valence-electron chi connectivity index (χ2n) is 4.15. The maximum Gasteiger partial charge on any atom is 0.125 e. The van der Waals surface area contributed by atoms with Gasteiger partial charge in [-0.3, -0.25) is 0 Å². The fraction of sp³-hybridized carbons (Fsp3) is 0.143. The summed E-state index contributed by atoms with van der Waals surface area (Å²) in [6.45, 7) is 0. The molecule has 3 rings (SSSR count). The van der Waals surface area contributed by atoms with Crippen LogP contribution < -0.4 is 0 Å². The average Bonchev–Trinajstić information content (AvgIpc) is 2.72. The minimum Gasteiger partial charge on any atom is -0.387 e. The predicted octanol–water partition coefficient (Wildman–Crippen LogP) is 3.77. The van der Waals surface area contributed by atoms with E-state index >= 15 is 0 Å². The van der Waals surface area contributed by atoms with Crippen LogP contribution in [0.5, 0.6) is 0 Å². The topological polar surface area (TPSA) is 12.5 Å². The molecule has 3 heteroatoms. The lowest BCUT2D eigenvalue weighted by molar-refractivity contribution is -0.0247. The van der Waals surface area contributed by atoms with Gasteiger partial charge < -0.3 is 4.84 Å². The van der Waals surface area contributed by atoms with Gasteiger partial charge in [-0.25, -0.2) is 5.06 Å². The van der Waals surface area contributed by atoms with Crippen LogP contribution in [0, 0.1) is 0 Å². The predicted molar refractivity (Wildman–Crippen MR) is 69.1 cm³/mol. The normalized spacial score (nSPS) is 18.0. The number of rotatable bonds is 1. The monoisotopic (exact) mass is 245 g/mol. The van der Waals surface area contributed by atoms with Crippen molar-refractivity contribution in [2.24, 2.45) is 0 Å². The quantitative estimate of drug-likeness (QED) is 0.747. The Morgan fingerprint density at radius 2 is 2.00 bits per heavy atom. The number of halogens is 1. The van der Waals surface area contributed by atoms with Gasteiger partial charge in [-0.1, -0.05) is 29.8 Å². The van der Waals surface area contributed by atoms with Crippen LogP contribution in [0.2, 0.25) is 5.02 Å². The highest BCUT2D eigenvalue weighted by molar-refractivity contribution is 6.30. The molecule has 0 atom stereocenters. The van der Waals surface area contributed by atoms with Gasteiger partial charge in [0.15, 0.2) is 0 Å². The van der Waals surface area contributed by atoms with Crippen molar-refractivity contribution in [3.8, 4) is 0 Å². The number of benzene rings is 1. The SMILES string of the molecule is CN1OC=C2CC=C(c3ccc(Cl)cc3)C=C21. The molecule has 0 spiro atoms. The number of likely N-dealkylation sites (N-methyl/N-ethyl adjacent to an activating group) is 1.